The Morgan fingerprint density at radius 3 is 2.43 bits per heavy atom. The highest BCUT2D eigenvalue weighted by atomic mass is 16.5. The lowest BCUT2D eigenvalue weighted by molar-refractivity contribution is -0.137. The van der Waals surface area contributed by atoms with Crippen molar-refractivity contribution in [2.75, 3.05) is 13.2 Å². The molecule has 1 aliphatic carbocycles. The summed E-state index contributed by atoms with van der Waals surface area (Å²) < 4.78 is 6.03. The molecule has 4 heteroatoms. The number of aryl methyl sites for hydroxylation is 1. The Morgan fingerprint density at radius 1 is 1.07 bits per heavy atom. The average Bonchev–Trinajstić information content (AvgIpc) is 3.18. The molecular formula is C24H31NO3. The molecule has 3 rings (SSSR count). The lowest BCUT2D eigenvalue weighted by atomic mass is 10.1. The number of ether oxygens (including phenoxy) is 1. The first-order chi connectivity index (χ1) is 13.6. The number of hydrogen-bond donors (Lipinski definition) is 1. The van der Waals surface area contributed by atoms with Crippen LogP contribution < -0.4 is 4.74 Å². The van der Waals surface area contributed by atoms with E-state index in [4.69, 9.17) is 9.84 Å². The first-order valence-electron chi connectivity index (χ1n) is 10.3. The van der Waals surface area contributed by atoms with Gasteiger partial charge in [0.05, 0.1) is 13.0 Å². The smallest absolute Gasteiger partial charge is 0.304 e. The number of carboxylic acids is 1. The molecule has 0 amide bonds. The second-order valence-electron chi connectivity index (χ2n) is 7.95. The lowest BCUT2D eigenvalue weighted by Gasteiger charge is -2.22. The number of hydrogen-bond acceptors (Lipinski definition) is 3. The Bertz CT molecular complexity index is 768. The highest BCUT2D eigenvalue weighted by Crippen LogP contribution is 2.26. The Hall–Kier alpha value is -2.33. The molecule has 0 spiro atoms. The lowest BCUT2D eigenvalue weighted by Crippen LogP contribution is -2.25. The average molecular weight is 382 g/mol. The maximum atomic E-state index is 11.1. The van der Waals surface area contributed by atoms with E-state index in [2.05, 4.69) is 48.2 Å². The van der Waals surface area contributed by atoms with Crippen molar-refractivity contribution in [2.24, 2.45) is 5.92 Å². The van der Waals surface area contributed by atoms with E-state index in [0.717, 1.165) is 24.5 Å². The molecule has 0 bridgehead atoms. The van der Waals surface area contributed by atoms with Crippen molar-refractivity contribution >= 4 is 5.97 Å². The molecule has 0 radical (unpaired) electrons. The van der Waals surface area contributed by atoms with E-state index in [-0.39, 0.29) is 6.42 Å². The summed E-state index contributed by atoms with van der Waals surface area (Å²) in [6.07, 6.45) is 5.35. The maximum absolute atomic E-state index is 11.1. The predicted molar refractivity (Wildman–Crippen MR) is 111 cm³/mol. The van der Waals surface area contributed by atoms with Gasteiger partial charge in [-0.25, -0.2) is 0 Å². The standard InChI is InChI=1S/C24H31NO3/c1-19-6-4-9-21(14-19)16-25(13-12-24(26)27)17-22-10-5-11-23(15-22)28-18-20-7-2-3-8-20/h4-6,9-11,14-15,20H,2-3,7-8,12-13,16-18H2,1H3,(H,26,27). The van der Waals surface area contributed by atoms with E-state index in [1.807, 2.05) is 12.1 Å². The zero-order valence-electron chi connectivity index (χ0n) is 16.8. The van der Waals surface area contributed by atoms with Gasteiger partial charge in [-0.05, 0) is 48.9 Å². The second-order valence-corrected chi connectivity index (χ2v) is 7.95. The fourth-order valence-electron chi connectivity index (χ4n) is 3.92. The third-order valence-corrected chi connectivity index (χ3v) is 5.40. The monoisotopic (exact) mass is 381 g/mol. The molecule has 2 aromatic rings. The summed E-state index contributed by atoms with van der Waals surface area (Å²) in [6.45, 7) is 4.85. The molecule has 4 nitrogen and oxygen atoms in total. The van der Waals surface area contributed by atoms with Crippen LogP contribution in [0.15, 0.2) is 48.5 Å². The molecule has 0 saturated heterocycles. The normalized spacial score (nSPS) is 14.5. The van der Waals surface area contributed by atoms with E-state index in [9.17, 15) is 4.79 Å². The molecule has 28 heavy (non-hydrogen) atoms. The van der Waals surface area contributed by atoms with Crippen molar-refractivity contribution in [3.63, 3.8) is 0 Å². The molecule has 150 valence electrons. The Morgan fingerprint density at radius 2 is 1.75 bits per heavy atom. The van der Waals surface area contributed by atoms with Crippen LogP contribution in [0.25, 0.3) is 0 Å². The van der Waals surface area contributed by atoms with Gasteiger partial charge in [0.1, 0.15) is 5.75 Å². The van der Waals surface area contributed by atoms with Gasteiger partial charge in [-0.3, -0.25) is 9.69 Å². The zero-order chi connectivity index (χ0) is 19.8. The Balaban J connectivity index is 1.63. The van der Waals surface area contributed by atoms with Gasteiger partial charge in [-0.1, -0.05) is 54.8 Å². The summed E-state index contributed by atoms with van der Waals surface area (Å²) in [5, 5.41) is 9.11. The SMILES string of the molecule is Cc1cccc(CN(CCC(=O)O)Cc2cccc(OCC3CCCC3)c2)c1. The van der Waals surface area contributed by atoms with Gasteiger partial charge >= 0.3 is 5.97 Å². The minimum absolute atomic E-state index is 0.143. The third kappa shape index (κ3) is 6.68. The summed E-state index contributed by atoms with van der Waals surface area (Å²) in [5.74, 6) is 0.845. The number of rotatable bonds is 10. The van der Waals surface area contributed by atoms with Crippen LogP contribution in [0, 0.1) is 12.8 Å². The Kier molecular flexibility index (Phi) is 7.49. The maximum Gasteiger partial charge on any atom is 0.304 e. The molecule has 1 aliphatic rings. The van der Waals surface area contributed by atoms with Gasteiger partial charge < -0.3 is 9.84 Å². The Labute approximate surface area is 168 Å². The van der Waals surface area contributed by atoms with Gasteiger partial charge in [0.2, 0.25) is 0 Å². The molecule has 1 fully saturated rings. The molecule has 0 heterocycles. The van der Waals surface area contributed by atoms with Gasteiger partial charge in [-0.15, -0.1) is 0 Å². The molecule has 0 unspecified atom stereocenters. The minimum atomic E-state index is -0.761. The van der Waals surface area contributed by atoms with Crippen molar-refractivity contribution in [3.05, 3.63) is 65.2 Å². The van der Waals surface area contributed by atoms with Gasteiger partial charge in [0.15, 0.2) is 0 Å². The van der Waals surface area contributed by atoms with Crippen molar-refractivity contribution < 1.29 is 14.6 Å². The van der Waals surface area contributed by atoms with Crippen LogP contribution in [0.3, 0.4) is 0 Å². The third-order valence-electron chi connectivity index (χ3n) is 5.40. The van der Waals surface area contributed by atoms with Crippen molar-refractivity contribution in [3.8, 4) is 5.75 Å². The summed E-state index contributed by atoms with van der Waals surface area (Å²) in [6, 6.07) is 16.6. The minimum Gasteiger partial charge on any atom is -0.493 e. The van der Waals surface area contributed by atoms with E-state index < -0.39 is 5.97 Å². The molecule has 2 aromatic carbocycles. The molecule has 1 saturated carbocycles. The molecule has 0 aliphatic heterocycles. The number of carbonyl (C=O) groups is 1. The largest absolute Gasteiger partial charge is 0.493 e. The fraction of sp³-hybridized carbons (Fsp3) is 0.458. The van der Waals surface area contributed by atoms with E-state index >= 15 is 0 Å². The second kappa shape index (κ2) is 10.3. The van der Waals surface area contributed by atoms with Crippen molar-refractivity contribution in [1.29, 1.82) is 0 Å². The predicted octanol–water partition coefficient (Wildman–Crippen LogP) is 5.04. The first kappa shape index (κ1) is 20.4. The molecular weight excluding hydrogens is 350 g/mol. The van der Waals surface area contributed by atoms with Gasteiger partial charge in [-0.2, -0.15) is 0 Å². The van der Waals surface area contributed by atoms with E-state index in [1.165, 1.54) is 36.8 Å². The zero-order valence-corrected chi connectivity index (χ0v) is 16.8. The molecule has 0 aromatic heterocycles. The van der Waals surface area contributed by atoms with Crippen LogP contribution in [0.2, 0.25) is 0 Å². The number of aliphatic carboxylic acids is 1. The van der Waals surface area contributed by atoms with Gasteiger partial charge in [0.25, 0.3) is 0 Å². The van der Waals surface area contributed by atoms with Crippen LogP contribution in [-0.4, -0.2) is 29.1 Å². The summed E-state index contributed by atoms with van der Waals surface area (Å²) >= 11 is 0. The first-order valence-corrected chi connectivity index (χ1v) is 10.3. The van der Waals surface area contributed by atoms with Crippen molar-refractivity contribution in [2.45, 2.75) is 52.1 Å². The van der Waals surface area contributed by atoms with E-state index in [0.29, 0.717) is 19.0 Å². The van der Waals surface area contributed by atoms with Crippen LogP contribution in [0.1, 0.15) is 48.8 Å². The van der Waals surface area contributed by atoms with Crippen LogP contribution in [0.4, 0.5) is 0 Å². The number of benzene rings is 2. The van der Waals surface area contributed by atoms with Crippen LogP contribution in [-0.2, 0) is 17.9 Å². The topological polar surface area (TPSA) is 49.8 Å². The van der Waals surface area contributed by atoms with Crippen LogP contribution in [0.5, 0.6) is 5.75 Å². The molecule has 1 N–H and O–H groups in total. The van der Waals surface area contributed by atoms with Crippen LogP contribution >= 0.6 is 0 Å². The number of nitrogens with zero attached hydrogens (tertiary/aromatic N) is 1. The highest BCUT2D eigenvalue weighted by molar-refractivity contribution is 5.66. The van der Waals surface area contributed by atoms with Gasteiger partial charge in [0, 0.05) is 19.6 Å². The fourth-order valence-corrected chi connectivity index (χ4v) is 3.92. The summed E-state index contributed by atoms with van der Waals surface area (Å²) in [5.41, 5.74) is 3.58. The summed E-state index contributed by atoms with van der Waals surface area (Å²) in [4.78, 5) is 13.3. The van der Waals surface area contributed by atoms with Crippen molar-refractivity contribution in [1.82, 2.24) is 4.90 Å². The summed E-state index contributed by atoms with van der Waals surface area (Å²) in [7, 11) is 0. The molecule has 0 atom stereocenters. The quantitative estimate of drug-likeness (QED) is 0.626. The van der Waals surface area contributed by atoms with E-state index in [1.54, 1.807) is 0 Å². The highest BCUT2D eigenvalue weighted by Gasteiger charge is 2.16. The number of carboxylic acid groups (broad SMARTS) is 1.